The van der Waals surface area contributed by atoms with Gasteiger partial charge in [-0.3, -0.25) is 4.79 Å². The van der Waals surface area contributed by atoms with Gasteiger partial charge in [-0.05, 0) is 25.1 Å². The number of benzene rings is 1. The van der Waals surface area contributed by atoms with Gasteiger partial charge >= 0.3 is 12.1 Å². The molecule has 1 N–H and O–H groups in total. The smallest absolute Gasteiger partial charge is 0.473 e. The fourth-order valence-electron chi connectivity index (χ4n) is 4.42. The second kappa shape index (κ2) is 9.88. The van der Waals surface area contributed by atoms with E-state index in [4.69, 9.17) is 4.74 Å². The van der Waals surface area contributed by atoms with Gasteiger partial charge in [0.2, 0.25) is 5.88 Å². The molecule has 0 bridgehead atoms. The van der Waals surface area contributed by atoms with Crippen molar-refractivity contribution in [2.45, 2.75) is 25.6 Å². The number of hydrogen-bond donors (Lipinski definition) is 1. The van der Waals surface area contributed by atoms with E-state index >= 15 is 0 Å². The highest BCUT2D eigenvalue weighted by atomic mass is 19.4. The van der Waals surface area contributed by atoms with Gasteiger partial charge in [-0.1, -0.05) is 12.1 Å². The summed E-state index contributed by atoms with van der Waals surface area (Å²) in [7, 11) is 0. The molecule has 1 aromatic carbocycles. The van der Waals surface area contributed by atoms with Crippen LogP contribution in [-0.4, -0.2) is 76.5 Å². The van der Waals surface area contributed by atoms with Gasteiger partial charge in [-0.25, -0.2) is 14.3 Å². The van der Waals surface area contributed by atoms with Crippen molar-refractivity contribution in [2.24, 2.45) is 5.92 Å². The summed E-state index contributed by atoms with van der Waals surface area (Å²) in [6.07, 6.45) is -2.56. The van der Waals surface area contributed by atoms with Crippen molar-refractivity contribution in [3.8, 4) is 17.1 Å². The van der Waals surface area contributed by atoms with E-state index < -0.39 is 30.1 Å². The molecule has 0 unspecified atom stereocenters. The molecule has 5 rings (SSSR count). The lowest BCUT2D eigenvalue weighted by molar-refractivity contribution is -0.234. The summed E-state index contributed by atoms with van der Waals surface area (Å²) in [5, 5.41) is 8.07. The number of hydrogen-bond acceptors (Lipinski definition) is 8. The third-order valence-electron chi connectivity index (χ3n) is 6.50. The van der Waals surface area contributed by atoms with Gasteiger partial charge in [0.1, 0.15) is 11.6 Å². The minimum atomic E-state index is -5.19. The van der Waals surface area contributed by atoms with E-state index in [1.54, 1.807) is 29.9 Å². The predicted octanol–water partition coefficient (Wildman–Crippen LogP) is 2.44. The maximum absolute atomic E-state index is 12.5. The number of nitrogens with zero attached hydrogens (tertiary/aromatic N) is 5. The Morgan fingerprint density at radius 2 is 1.89 bits per heavy atom. The number of hydroxylamine groups is 2. The Bertz CT molecular complexity index is 1290. The number of aromatic nitrogens is 3. The molecule has 1 amide bonds. The van der Waals surface area contributed by atoms with Crippen LogP contribution in [0.3, 0.4) is 0 Å². The molecule has 4 heterocycles. The van der Waals surface area contributed by atoms with Crippen molar-refractivity contribution >= 4 is 23.1 Å². The molecule has 0 saturated carbocycles. The van der Waals surface area contributed by atoms with Gasteiger partial charge in [0, 0.05) is 49.8 Å². The van der Waals surface area contributed by atoms with Crippen LogP contribution in [0.1, 0.15) is 13.3 Å². The van der Waals surface area contributed by atoms with Crippen molar-refractivity contribution in [1.29, 1.82) is 0 Å². The van der Waals surface area contributed by atoms with E-state index in [0.29, 0.717) is 16.3 Å². The number of carbonyl (C=O) groups is 2. The predicted molar refractivity (Wildman–Crippen MR) is 126 cm³/mol. The zero-order chi connectivity index (χ0) is 26.2. The summed E-state index contributed by atoms with van der Waals surface area (Å²) in [6, 6.07) is 9.76. The normalized spacial score (nSPS) is 19.4. The highest BCUT2D eigenvalue weighted by Crippen LogP contribution is 2.30. The first-order chi connectivity index (χ1) is 17.7. The molecule has 2 aliphatic rings. The molecule has 0 aliphatic carbocycles. The largest absolute Gasteiger partial charge is 0.493 e. The van der Waals surface area contributed by atoms with Gasteiger partial charge in [-0.2, -0.15) is 23.3 Å². The molecule has 0 spiro atoms. The number of piperazine rings is 1. The molecule has 2 aliphatic heterocycles. The van der Waals surface area contributed by atoms with Crippen molar-refractivity contribution in [2.75, 3.05) is 37.6 Å². The van der Waals surface area contributed by atoms with Crippen molar-refractivity contribution in [3.05, 3.63) is 42.7 Å². The Morgan fingerprint density at radius 3 is 2.59 bits per heavy atom. The van der Waals surface area contributed by atoms with Crippen LogP contribution in [0.2, 0.25) is 0 Å². The molecule has 37 heavy (non-hydrogen) atoms. The summed E-state index contributed by atoms with van der Waals surface area (Å²) in [5.74, 6) is -3.40. The molecule has 196 valence electrons. The Balaban J connectivity index is 1.32. The number of halogens is 3. The lowest BCUT2D eigenvalue weighted by atomic mass is 10.0. The summed E-state index contributed by atoms with van der Waals surface area (Å²) in [4.78, 5) is 34.5. The first-order valence-electron chi connectivity index (χ1n) is 11.9. The molecule has 2 fully saturated rings. The first-order valence-corrected chi connectivity index (χ1v) is 11.9. The van der Waals surface area contributed by atoms with Gasteiger partial charge in [0.05, 0.1) is 24.6 Å². The fraction of sp³-hybridized carbons (Fsp3) is 0.417. The second-order valence-corrected chi connectivity index (χ2v) is 8.99. The van der Waals surface area contributed by atoms with Gasteiger partial charge in [0.15, 0.2) is 0 Å². The number of rotatable bonds is 6. The van der Waals surface area contributed by atoms with Crippen LogP contribution in [-0.2, 0) is 14.4 Å². The minimum absolute atomic E-state index is 0.130. The first kappa shape index (κ1) is 24.8. The van der Waals surface area contributed by atoms with Crippen LogP contribution in [0.5, 0.6) is 5.88 Å². The Hall–Kier alpha value is -3.87. The summed E-state index contributed by atoms with van der Waals surface area (Å²) in [6.45, 7) is 5.22. The maximum atomic E-state index is 12.5. The minimum Gasteiger partial charge on any atom is -0.473 e. The topological polar surface area (TPSA) is 101 Å². The van der Waals surface area contributed by atoms with Crippen LogP contribution in [0.15, 0.2) is 42.7 Å². The monoisotopic (exact) mass is 518 g/mol. The number of fused-ring (bicyclic) bond motifs is 1. The highest BCUT2D eigenvalue weighted by molar-refractivity contribution is 5.81. The van der Waals surface area contributed by atoms with Crippen LogP contribution in [0, 0.1) is 5.92 Å². The van der Waals surface area contributed by atoms with E-state index in [1.807, 2.05) is 24.3 Å². The van der Waals surface area contributed by atoms with E-state index in [-0.39, 0.29) is 18.8 Å². The van der Waals surface area contributed by atoms with Crippen LogP contribution in [0.25, 0.3) is 16.8 Å². The number of alkyl halides is 3. The molecular weight excluding hydrogens is 493 g/mol. The zero-order valence-electron chi connectivity index (χ0n) is 19.9. The average molecular weight is 518 g/mol. The average Bonchev–Trinajstić information content (AvgIpc) is 3.51. The lowest BCUT2D eigenvalue weighted by Gasteiger charge is -2.29. The van der Waals surface area contributed by atoms with Crippen molar-refractivity contribution < 1.29 is 32.3 Å². The number of anilines is 1. The summed E-state index contributed by atoms with van der Waals surface area (Å²) < 4.78 is 45.3. The molecule has 3 aromatic rings. The fourth-order valence-corrected chi connectivity index (χ4v) is 4.42. The quantitative estimate of drug-likeness (QED) is 0.531. The number of nitrogens with one attached hydrogen (secondary N) is 1. The summed E-state index contributed by atoms with van der Waals surface area (Å²) in [5.41, 5.74) is 3.19. The van der Waals surface area contributed by atoms with E-state index in [2.05, 4.69) is 25.1 Å². The SMILES string of the molecule is C[C@@H](Oc1nc(-c2ccc(N3CCNCC3)cc2)cn2nccc12)[C@@H]1CC(=O)N(OC(=O)C(F)(F)F)C1. The summed E-state index contributed by atoms with van der Waals surface area (Å²) >= 11 is 0. The van der Waals surface area contributed by atoms with Gasteiger partial charge in [-0.15, -0.1) is 0 Å². The number of amides is 1. The van der Waals surface area contributed by atoms with Gasteiger partial charge in [0.25, 0.3) is 5.91 Å². The molecule has 0 radical (unpaired) electrons. The highest BCUT2D eigenvalue weighted by Gasteiger charge is 2.45. The third kappa shape index (κ3) is 5.31. The zero-order valence-corrected chi connectivity index (χ0v) is 19.9. The Kier molecular flexibility index (Phi) is 6.63. The van der Waals surface area contributed by atoms with E-state index in [1.165, 1.54) is 0 Å². The Labute approximate surface area is 209 Å². The lowest BCUT2D eigenvalue weighted by Crippen LogP contribution is -2.43. The molecule has 2 atom stereocenters. The van der Waals surface area contributed by atoms with Crippen molar-refractivity contribution in [1.82, 2.24) is 25.0 Å². The molecule has 2 saturated heterocycles. The third-order valence-corrected chi connectivity index (χ3v) is 6.50. The second-order valence-electron chi connectivity index (χ2n) is 8.99. The van der Waals surface area contributed by atoms with Crippen LogP contribution in [0.4, 0.5) is 18.9 Å². The van der Waals surface area contributed by atoms with Crippen LogP contribution >= 0.6 is 0 Å². The molecule has 2 aromatic heterocycles. The molecule has 13 heteroatoms. The standard InChI is InChI=1S/C24H25F3N6O4/c1-15(17-12-21(34)33(13-17)37-23(35)24(25,26)27)36-22-20-6-7-29-32(20)14-19(30-22)16-2-4-18(5-3-16)31-10-8-28-9-11-31/h2-7,14-15,17,28H,8-13H2,1H3/t15-,17-/m1/s1. The van der Waals surface area contributed by atoms with E-state index in [9.17, 15) is 22.8 Å². The maximum Gasteiger partial charge on any atom is 0.493 e. The van der Waals surface area contributed by atoms with Gasteiger partial charge < -0.3 is 19.8 Å². The number of carbonyl (C=O) groups excluding carboxylic acids is 2. The molecule has 10 nitrogen and oxygen atoms in total. The van der Waals surface area contributed by atoms with E-state index in [0.717, 1.165) is 37.4 Å². The van der Waals surface area contributed by atoms with Crippen molar-refractivity contribution in [3.63, 3.8) is 0 Å². The Morgan fingerprint density at radius 1 is 1.16 bits per heavy atom. The number of ether oxygens (including phenoxy) is 1. The molecular formula is C24H25F3N6O4. The van der Waals surface area contributed by atoms with Crippen LogP contribution < -0.4 is 15.0 Å².